The first-order valence-corrected chi connectivity index (χ1v) is 10.6. The van der Waals surface area contributed by atoms with Gasteiger partial charge in [-0.2, -0.15) is 5.10 Å². The largest absolute Gasteiger partial charge is 0.383 e. The van der Waals surface area contributed by atoms with Crippen LogP contribution in [0.15, 0.2) is 35.8 Å². The first-order valence-electron chi connectivity index (χ1n) is 9.75. The number of ether oxygens (including phenoxy) is 1. The van der Waals surface area contributed by atoms with Crippen molar-refractivity contribution >= 4 is 33.2 Å². The second-order valence-corrected chi connectivity index (χ2v) is 8.09. The van der Waals surface area contributed by atoms with E-state index < -0.39 is 0 Å². The van der Waals surface area contributed by atoms with Gasteiger partial charge in [0.2, 0.25) is 0 Å². The lowest BCUT2D eigenvalue weighted by Gasteiger charge is -2.32. The van der Waals surface area contributed by atoms with E-state index in [4.69, 9.17) is 4.74 Å². The van der Waals surface area contributed by atoms with Gasteiger partial charge in [0, 0.05) is 48.1 Å². The number of rotatable bonds is 6. The van der Waals surface area contributed by atoms with Crippen LogP contribution in [-0.4, -0.2) is 60.3 Å². The number of carbonyl (C=O) groups is 2. The van der Waals surface area contributed by atoms with Crippen LogP contribution in [0, 0.1) is 0 Å². The first-order chi connectivity index (χ1) is 14.2. The monoisotopic (exact) mass is 412 g/mol. The topological polar surface area (TPSA) is 87.3 Å². The highest BCUT2D eigenvalue weighted by Crippen LogP contribution is 2.31. The Morgan fingerprint density at radius 3 is 3.07 bits per heavy atom. The van der Waals surface area contributed by atoms with E-state index in [0.717, 1.165) is 40.7 Å². The molecule has 7 nitrogen and oxygen atoms in total. The van der Waals surface area contributed by atoms with Gasteiger partial charge in [-0.3, -0.25) is 14.7 Å². The van der Waals surface area contributed by atoms with E-state index in [1.165, 1.54) is 0 Å². The van der Waals surface area contributed by atoms with E-state index in [1.54, 1.807) is 24.6 Å². The number of amides is 2. The van der Waals surface area contributed by atoms with E-state index in [-0.39, 0.29) is 17.7 Å². The Labute approximate surface area is 173 Å². The molecule has 0 bridgehead atoms. The molecule has 152 valence electrons. The quantitative estimate of drug-likeness (QED) is 0.609. The van der Waals surface area contributed by atoms with Gasteiger partial charge in [0.15, 0.2) is 0 Å². The summed E-state index contributed by atoms with van der Waals surface area (Å²) in [5, 5.41) is 12.9. The second-order valence-electron chi connectivity index (χ2n) is 7.18. The average molecular weight is 413 g/mol. The third-order valence-corrected chi connectivity index (χ3v) is 6.30. The lowest BCUT2D eigenvalue weighted by atomic mass is 9.92. The molecule has 0 radical (unpaired) electrons. The number of nitrogens with one attached hydrogen (secondary N) is 2. The van der Waals surface area contributed by atoms with E-state index in [0.29, 0.717) is 25.3 Å². The molecule has 1 aliphatic heterocycles. The summed E-state index contributed by atoms with van der Waals surface area (Å²) in [4.78, 5) is 27.6. The van der Waals surface area contributed by atoms with Crippen molar-refractivity contribution in [1.82, 2.24) is 20.4 Å². The third kappa shape index (κ3) is 4.04. The minimum absolute atomic E-state index is 0.0535. The molecule has 0 aliphatic carbocycles. The van der Waals surface area contributed by atoms with Crippen LogP contribution in [0.25, 0.3) is 10.1 Å². The maximum absolute atomic E-state index is 13.2. The smallest absolute Gasteiger partial charge is 0.255 e. The lowest BCUT2D eigenvalue weighted by Crippen LogP contribution is -2.39. The van der Waals surface area contributed by atoms with E-state index in [2.05, 4.69) is 15.5 Å². The highest BCUT2D eigenvalue weighted by atomic mass is 32.1. The normalized spacial score (nSPS) is 16.9. The van der Waals surface area contributed by atoms with Crippen molar-refractivity contribution in [2.45, 2.75) is 18.8 Å². The number of carbonyl (C=O) groups excluding carboxylic acids is 2. The number of likely N-dealkylation sites (tertiary alicyclic amines) is 1. The van der Waals surface area contributed by atoms with Crippen LogP contribution in [0.2, 0.25) is 0 Å². The summed E-state index contributed by atoms with van der Waals surface area (Å²) in [6.07, 6.45) is 3.36. The number of methoxy groups -OCH3 is 1. The van der Waals surface area contributed by atoms with Gasteiger partial charge in [-0.1, -0.05) is 18.2 Å². The summed E-state index contributed by atoms with van der Waals surface area (Å²) in [5.41, 5.74) is 2.10. The van der Waals surface area contributed by atoms with Crippen LogP contribution in [0.1, 0.15) is 45.2 Å². The molecule has 1 aromatic carbocycles. The third-order valence-electron chi connectivity index (χ3n) is 5.33. The van der Waals surface area contributed by atoms with Gasteiger partial charge < -0.3 is 15.0 Å². The molecule has 1 atom stereocenters. The SMILES string of the molecule is COCCNC(=O)c1cn[nH]c1C1CCCN(C(=O)c2csc3ccccc23)C1. The van der Waals surface area contributed by atoms with E-state index >= 15 is 0 Å². The lowest BCUT2D eigenvalue weighted by molar-refractivity contribution is 0.0708. The van der Waals surface area contributed by atoms with Gasteiger partial charge >= 0.3 is 0 Å². The number of benzene rings is 1. The Hall–Kier alpha value is -2.71. The molecular formula is C21H24N4O3S. The Bertz CT molecular complexity index is 1010. The Morgan fingerprint density at radius 2 is 2.21 bits per heavy atom. The number of hydrogen-bond acceptors (Lipinski definition) is 5. The molecule has 3 heterocycles. The highest BCUT2D eigenvalue weighted by Gasteiger charge is 2.30. The fourth-order valence-electron chi connectivity index (χ4n) is 3.86. The van der Waals surface area contributed by atoms with Crippen molar-refractivity contribution in [3.05, 3.63) is 52.7 Å². The van der Waals surface area contributed by atoms with Crippen molar-refractivity contribution in [2.24, 2.45) is 0 Å². The molecule has 1 saturated heterocycles. The van der Waals surface area contributed by atoms with Gasteiger partial charge in [0.25, 0.3) is 11.8 Å². The summed E-state index contributed by atoms with van der Waals surface area (Å²) < 4.78 is 6.10. The maximum Gasteiger partial charge on any atom is 0.255 e. The number of nitrogens with zero attached hydrogens (tertiary/aromatic N) is 2. The van der Waals surface area contributed by atoms with Gasteiger partial charge in [0.1, 0.15) is 0 Å². The van der Waals surface area contributed by atoms with Crippen LogP contribution >= 0.6 is 11.3 Å². The average Bonchev–Trinajstić information content (AvgIpc) is 3.41. The fourth-order valence-corrected chi connectivity index (χ4v) is 4.80. The van der Waals surface area contributed by atoms with E-state index in [9.17, 15) is 9.59 Å². The number of H-pyrrole nitrogens is 1. The fraction of sp³-hybridized carbons (Fsp3) is 0.381. The molecule has 2 aromatic heterocycles. The van der Waals surface area contributed by atoms with Crippen LogP contribution in [0.5, 0.6) is 0 Å². The summed E-state index contributed by atoms with van der Waals surface area (Å²) in [6.45, 7) is 2.20. The molecule has 29 heavy (non-hydrogen) atoms. The summed E-state index contributed by atoms with van der Waals surface area (Å²) in [6, 6.07) is 7.98. The summed E-state index contributed by atoms with van der Waals surface area (Å²) in [7, 11) is 1.60. The van der Waals surface area contributed by atoms with Crippen LogP contribution in [-0.2, 0) is 4.74 Å². The number of aromatic nitrogens is 2. The Balaban J connectivity index is 1.50. The number of piperidine rings is 1. The predicted molar refractivity (Wildman–Crippen MR) is 113 cm³/mol. The molecule has 2 N–H and O–H groups in total. The molecular weight excluding hydrogens is 388 g/mol. The molecule has 1 aliphatic rings. The van der Waals surface area contributed by atoms with Crippen molar-refractivity contribution in [3.8, 4) is 0 Å². The number of thiophene rings is 1. The zero-order valence-electron chi connectivity index (χ0n) is 16.3. The minimum Gasteiger partial charge on any atom is -0.383 e. The molecule has 0 saturated carbocycles. The van der Waals surface area contributed by atoms with Crippen molar-refractivity contribution in [3.63, 3.8) is 0 Å². The zero-order chi connectivity index (χ0) is 20.2. The molecule has 4 rings (SSSR count). The number of hydrogen-bond donors (Lipinski definition) is 2. The van der Waals surface area contributed by atoms with Crippen LogP contribution in [0.4, 0.5) is 0 Å². The van der Waals surface area contributed by atoms with Gasteiger partial charge in [-0.25, -0.2) is 0 Å². The van der Waals surface area contributed by atoms with Crippen LogP contribution in [0.3, 0.4) is 0 Å². The zero-order valence-corrected chi connectivity index (χ0v) is 17.1. The standard InChI is InChI=1S/C21H24N4O3S/c1-28-10-8-22-20(26)16-11-23-24-19(16)14-5-4-9-25(12-14)21(27)17-13-29-18-7-3-2-6-15(17)18/h2-3,6-7,11,13-14H,4-5,8-10,12H2,1H3,(H,22,26)(H,23,24). The molecule has 3 aromatic rings. The van der Waals surface area contributed by atoms with Crippen LogP contribution < -0.4 is 5.32 Å². The van der Waals surface area contributed by atoms with Gasteiger partial charge in [-0.05, 0) is 18.9 Å². The van der Waals surface area contributed by atoms with E-state index in [1.807, 2.05) is 34.5 Å². The van der Waals surface area contributed by atoms with Crippen molar-refractivity contribution in [2.75, 3.05) is 33.4 Å². The second kappa shape index (κ2) is 8.75. The molecule has 2 amide bonds. The van der Waals surface area contributed by atoms with Crippen molar-refractivity contribution < 1.29 is 14.3 Å². The highest BCUT2D eigenvalue weighted by molar-refractivity contribution is 7.17. The summed E-state index contributed by atoms with van der Waals surface area (Å²) >= 11 is 1.59. The Morgan fingerprint density at radius 1 is 1.34 bits per heavy atom. The molecule has 8 heteroatoms. The molecule has 1 fully saturated rings. The van der Waals surface area contributed by atoms with Crippen molar-refractivity contribution in [1.29, 1.82) is 0 Å². The number of fused-ring (bicyclic) bond motifs is 1. The first kappa shape index (κ1) is 19.6. The maximum atomic E-state index is 13.2. The summed E-state index contributed by atoms with van der Waals surface area (Å²) in [5.74, 6) is -0.0564. The van der Waals surface area contributed by atoms with Gasteiger partial charge in [0.05, 0.1) is 29.6 Å². The Kier molecular flexibility index (Phi) is 5.92. The minimum atomic E-state index is -0.168. The molecule has 1 unspecified atom stereocenters. The molecule has 0 spiro atoms. The predicted octanol–water partition coefficient (Wildman–Crippen LogP) is 3.02. The number of aromatic amines is 1. The van der Waals surface area contributed by atoms with Gasteiger partial charge in [-0.15, -0.1) is 11.3 Å².